The van der Waals surface area contributed by atoms with Crippen molar-refractivity contribution in [1.29, 1.82) is 0 Å². The monoisotopic (exact) mass is 390 g/mol. The highest BCUT2D eigenvalue weighted by Gasteiger charge is 2.26. The maximum atomic E-state index is 6.47. The zero-order valence-electron chi connectivity index (χ0n) is 15.6. The SMILES string of the molecule is Cc1n[nH]c2ccc(-c3nnc(NC[C@H](N)C4Cc5ccccc5C4)s3)cc12. The molecular weight excluding hydrogens is 368 g/mol. The van der Waals surface area contributed by atoms with Crippen LogP contribution >= 0.6 is 11.3 Å². The van der Waals surface area contributed by atoms with Gasteiger partial charge in [-0.15, -0.1) is 10.2 Å². The van der Waals surface area contributed by atoms with E-state index < -0.39 is 0 Å². The Morgan fingerprint density at radius 2 is 1.96 bits per heavy atom. The number of rotatable bonds is 5. The van der Waals surface area contributed by atoms with Crippen molar-refractivity contribution in [3.63, 3.8) is 0 Å². The number of aromatic nitrogens is 4. The summed E-state index contributed by atoms with van der Waals surface area (Å²) in [5.41, 5.74) is 12.4. The first kappa shape index (κ1) is 17.3. The first-order valence-corrected chi connectivity index (χ1v) is 10.3. The van der Waals surface area contributed by atoms with E-state index >= 15 is 0 Å². The van der Waals surface area contributed by atoms with E-state index in [2.05, 4.69) is 56.0 Å². The number of nitrogens with one attached hydrogen (secondary N) is 2. The lowest BCUT2D eigenvalue weighted by atomic mass is 9.97. The van der Waals surface area contributed by atoms with Crippen molar-refractivity contribution in [2.75, 3.05) is 11.9 Å². The zero-order valence-corrected chi connectivity index (χ0v) is 16.5. The Labute approximate surface area is 167 Å². The van der Waals surface area contributed by atoms with E-state index in [1.165, 1.54) is 11.1 Å². The molecule has 142 valence electrons. The Kier molecular flexibility index (Phi) is 4.33. The van der Waals surface area contributed by atoms with E-state index in [4.69, 9.17) is 5.73 Å². The van der Waals surface area contributed by atoms with Crippen molar-refractivity contribution >= 4 is 27.4 Å². The van der Waals surface area contributed by atoms with Gasteiger partial charge in [0.25, 0.3) is 0 Å². The fourth-order valence-corrected chi connectivity index (χ4v) is 4.70. The number of anilines is 1. The van der Waals surface area contributed by atoms with Crippen LogP contribution in [0.5, 0.6) is 0 Å². The molecule has 0 spiro atoms. The van der Waals surface area contributed by atoms with Gasteiger partial charge in [-0.1, -0.05) is 35.6 Å². The molecule has 4 N–H and O–H groups in total. The Balaban J connectivity index is 1.25. The quantitative estimate of drug-likeness (QED) is 0.485. The standard InChI is InChI=1S/C21H22N6S/c1-12-17-10-15(6-7-19(17)25-24-12)20-26-27-21(28-20)23-11-18(22)16-8-13-4-2-3-5-14(13)9-16/h2-7,10,16,18H,8-9,11,22H2,1H3,(H,23,27)(H,24,25)/t18-/m0/s1. The molecule has 6 nitrogen and oxygen atoms in total. The van der Waals surface area contributed by atoms with Gasteiger partial charge in [-0.25, -0.2) is 0 Å². The molecule has 0 amide bonds. The van der Waals surface area contributed by atoms with Crippen LogP contribution in [0.1, 0.15) is 16.8 Å². The highest BCUT2D eigenvalue weighted by atomic mass is 32.1. The van der Waals surface area contributed by atoms with Gasteiger partial charge in [-0.05, 0) is 55.0 Å². The minimum atomic E-state index is 0.0877. The number of aromatic amines is 1. The number of hydrogen-bond donors (Lipinski definition) is 3. The Morgan fingerprint density at radius 3 is 2.75 bits per heavy atom. The molecule has 0 fully saturated rings. The molecule has 7 heteroatoms. The number of fused-ring (bicyclic) bond motifs is 2. The third-order valence-electron chi connectivity index (χ3n) is 5.60. The molecule has 0 radical (unpaired) electrons. The average Bonchev–Trinajstić information content (AvgIpc) is 3.44. The average molecular weight is 391 g/mol. The van der Waals surface area contributed by atoms with Crippen LogP contribution in [0.15, 0.2) is 42.5 Å². The lowest BCUT2D eigenvalue weighted by Crippen LogP contribution is -2.37. The van der Waals surface area contributed by atoms with Crippen LogP contribution < -0.4 is 11.1 Å². The first-order chi connectivity index (χ1) is 13.7. The third-order valence-corrected chi connectivity index (χ3v) is 6.53. The van der Waals surface area contributed by atoms with Crippen molar-refractivity contribution in [1.82, 2.24) is 20.4 Å². The molecule has 28 heavy (non-hydrogen) atoms. The lowest BCUT2D eigenvalue weighted by Gasteiger charge is -2.18. The summed E-state index contributed by atoms with van der Waals surface area (Å²) in [7, 11) is 0. The maximum absolute atomic E-state index is 6.47. The van der Waals surface area contributed by atoms with Gasteiger partial charge < -0.3 is 11.1 Å². The maximum Gasteiger partial charge on any atom is 0.206 e. The fourth-order valence-electron chi connectivity index (χ4n) is 3.96. The number of benzene rings is 2. The number of H-pyrrole nitrogens is 1. The Bertz CT molecular complexity index is 1110. The van der Waals surface area contributed by atoms with Crippen molar-refractivity contribution in [2.24, 2.45) is 11.7 Å². The van der Waals surface area contributed by atoms with E-state index in [1.54, 1.807) is 11.3 Å². The zero-order chi connectivity index (χ0) is 19.1. The molecule has 2 heterocycles. The van der Waals surface area contributed by atoms with Gasteiger partial charge in [0.2, 0.25) is 5.13 Å². The highest BCUT2D eigenvalue weighted by Crippen LogP contribution is 2.31. The van der Waals surface area contributed by atoms with E-state index in [9.17, 15) is 0 Å². The summed E-state index contributed by atoms with van der Waals surface area (Å²) in [6.45, 7) is 2.70. The summed E-state index contributed by atoms with van der Waals surface area (Å²) in [5, 5.41) is 22.1. The normalized spacial score (nSPS) is 15.1. The summed E-state index contributed by atoms with van der Waals surface area (Å²) in [6, 6.07) is 14.9. The second-order valence-corrected chi connectivity index (χ2v) is 8.44. The van der Waals surface area contributed by atoms with E-state index in [-0.39, 0.29) is 6.04 Å². The van der Waals surface area contributed by atoms with Crippen LogP contribution in [0, 0.1) is 12.8 Å². The van der Waals surface area contributed by atoms with Gasteiger partial charge in [0.1, 0.15) is 5.01 Å². The molecule has 0 saturated heterocycles. The first-order valence-electron chi connectivity index (χ1n) is 9.52. The molecule has 5 rings (SSSR count). The molecule has 1 aliphatic carbocycles. The minimum absolute atomic E-state index is 0.0877. The summed E-state index contributed by atoms with van der Waals surface area (Å²) in [5.74, 6) is 0.476. The van der Waals surface area contributed by atoms with E-state index in [1.807, 2.05) is 19.1 Å². The molecule has 1 atom stereocenters. The van der Waals surface area contributed by atoms with Crippen molar-refractivity contribution in [2.45, 2.75) is 25.8 Å². The van der Waals surface area contributed by atoms with Gasteiger partial charge in [-0.3, -0.25) is 5.10 Å². The van der Waals surface area contributed by atoms with Crippen LogP contribution in [-0.2, 0) is 12.8 Å². The second kappa shape index (κ2) is 7.00. The van der Waals surface area contributed by atoms with Crippen LogP contribution in [0.25, 0.3) is 21.5 Å². The molecule has 0 saturated carbocycles. The van der Waals surface area contributed by atoms with Crippen molar-refractivity contribution in [3.05, 3.63) is 59.3 Å². The number of nitrogens with two attached hydrogens (primary N) is 1. The topological polar surface area (TPSA) is 92.5 Å². The largest absolute Gasteiger partial charge is 0.359 e. The lowest BCUT2D eigenvalue weighted by molar-refractivity contribution is 0.454. The van der Waals surface area contributed by atoms with Crippen molar-refractivity contribution < 1.29 is 0 Å². The number of aryl methyl sites for hydroxylation is 1. The molecule has 1 aliphatic rings. The van der Waals surface area contributed by atoms with Gasteiger partial charge >= 0.3 is 0 Å². The number of nitrogens with zero attached hydrogens (tertiary/aromatic N) is 3. The van der Waals surface area contributed by atoms with Crippen LogP contribution in [0.3, 0.4) is 0 Å². The predicted molar refractivity (Wildman–Crippen MR) is 114 cm³/mol. The Hall–Kier alpha value is -2.77. The molecule has 2 aromatic carbocycles. The highest BCUT2D eigenvalue weighted by molar-refractivity contribution is 7.18. The smallest absolute Gasteiger partial charge is 0.206 e. The van der Waals surface area contributed by atoms with E-state index in [0.29, 0.717) is 12.5 Å². The number of hydrogen-bond acceptors (Lipinski definition) is 6. The van der Waals surface area contributed by atoms with Crippen LogP contribution in [0.2, 0.25) is 0 Å². The van der Waals surface area contributed by atoms with Gasteiger partial charge in [0.15, 0.2) is 0 Å². The van der Waals surface area contributed by atoms with Crippen molar-refractivity contribution in [3.8, 4) is 10.6 Å². The molecular formula is C21H22N6S. The minimum Gasteiger partial charge on any atom is -0.359 e. The summed E-state index contributed by atoms with van der Waals surface area (Å²) >= 11 is 1.56. The van der Waals surface area contributed by atoms with Gasteiger partial charge in [0, 0.05) is 23.5 Å². The third kappa shape index (κ3) is 3.16. The summed E-state index contributed by atoms with van der Waals surface area (Å²) in [4.78, 5) is 0. The summed E-state index contributed by atoms with van der Waals surface area (Å²) in [6.07, 6.45) is 2.12. The van der Waals surface area contributed by atoms with Crippen LogP contribution in [0.4, 0.5) is 5.13 Å². The molecule has 2 aromatic heterocycles. The molecule has 0 unspecified atom stereocenters. The second-order valence-electron chi connectivity index (χ2n) is 7.46. The summed E-state index contributed by atoms with van der Waals surface area (Å²) < 4.78 is 0. The van der Waals surface area contributed by atoms with E-state index in [0.717, 1.165) is 45.1 Å². The molecule has 0 aliphatic heterocycles. The predicted octanol–water partition coefficient (Wildman–Crippen LogP) is 3.54. The molecule has 4 aromatic rings. The fraction of sp³-hybridized carbons (Fsp3) is 0.286. The van der Waals surface area contributed by atoms with Gasteiger partial charge in [-0.2, -0.15) is 5.10 Å². The van der Waals surface area contributed by atoms with Crippen LogP contribution in [-0.4, -0.2) is 33.0 Å². The van der Waals surface area contributed by atoms with Gasteiger partial charge in [0.05, 0.1) is 11.2 Å². The Morgan fingerprint density at radius 1 is 1.18 bits per heavy atom. The molecule has 0 bridgehead atoms.